The monoisotopic (exact) mass is 195 g/mol. The van der Waals surface area contributed by atoms with Crippen molar-refractivity contribution in [2.45, 2.75) is 5.12 Å². The maximum Gasteiger partial charge on any atom is 0.414 e. The first-order valence-corrected chi connectivity index (χ1v) is 3.33. The fourth-order valence-electron chi connectivity index (χ4n) is 0.525. The van der Waals surface area contributed by atoms with Gasteiger partial charge in [0.1, 0.15) is 0 Å². The van der Waals surface area contributed by atoms with E-state index in [9.17, 15) is 10.1 Å². The van der Waals surface area contributed by atoms with Crippen molar-refractivity contribution < 1.29 is 4.92 Å². The van der Waals surface area contributed by atoms with Crippen molar-refractivity contribution in [3.05, 3.63) is 22.4 Å². The lowest BCUT2D eigenvalue weighted by Crippen LogP contribution is -2.33. The Bertz CT molecular complexity index is 252. The molecule has 0 amide bonds. The van der Waals surface area contributed by atoms with Gasteiger partial charge in [-0.05, 0) is 23.2 Å². The summed E-state index contributed by atoms with van der Waals surface area (Å²) in [5.41, 5.74) is 0. The number of hydrogen-bond donors (Lipinski definition) is 1. The number of aliphatic imine (C=N–C) groups is 1. The van der Waals surface area contributed by atoms with E-state index in [0.717, 1.165) is 6.08 Å². The number of nitrogens with zero attached hydrogens (tertiary/aromatic N) is 2. The van der Waals surface area contributed by atoms with Gasteiger partial charge in [0.2, 0.25) is 5.29 Å². The van der Waals surface area contributed by atoms with E-state index in [-0.39, 0.29) is 5.29 Å². The number of hydrogen-bond acceptors (Lipinski definition) is 4. The number of alkyl halides is 1. The first-order chi connectivity index (χ1) is 5.04. The summed E-state index contributed by atoms with van der Waals surface area (Å²) in [6, 6.07) is 0. The summed E-state index contributed by atoms with van der Waals surface area (Å²) in [6.07, 6.45) is 2.37. The average molecular weight is 196 g/mol. The first-order valence-electron chi connectivity index (χ1n) is 2.57. The van der Waals surface area contributed by atoms with Crippen LogP contribution >= 0.6 is 23.2 Å². The molecule has 11 heavy (non-hydrogen) atoms. The summed E-state index contributed by atoms with van der Waals surface area (Å²) in [5.74, 6) is 0. The Balaban J connectivity index is 2.94. The number of amidine groups is 1. The Kier molecular flexibility index (Phi) is 2.01. The fraction of sp³-hybridized carbons (Fsp3) is 0.250. The third-order valence-electron chi connectivity index (χ3n) is 1.01. The minimum Gasteiger partial charge on any atom is -0.337 e. The SMILES string of the molecule is O=[N+]([O-])C1(Cl)C=CNC(Cl)=N1. The second kappa shape index (κ2) is 2.67. The Morgan fingerprint density at radius 1 is 1.82 bits per heavy atom. The van der Waals surface area contributed by atoms with Gasteiger partial charge in [0.25, 0.3) is 0 Å². The highest BCUT2D eigenvalue weighted by Gasteiger charge is 2.39. The van der Waals surface area contributed by atoms with Crippen LogP contribution in [0, 0.1) is 10.1 Å². The van der Waals surface area contributed by atoms with Crippen LogP contribution in [0.15, 0.2) is 17.3 Å². The molecule has 1 aliphatic heterocycles. The Labute approximate surface area is 71.8 Å². The lowest BCUT2D eigenvalue weighted by molar-refractivity contribution is -0.526. The van der Waals surface area contributed by atoms with Gasteiger partial charge in [-0.2, -0.15) is 4.99 Å². The highest BCUT2D eigenvalue weighted by molar-refractivity contribution is 6.65. The summed E-state index contributed by atoms with van der Waals surface area (Å²) in [4.78, 5) is 12.9. The molecule has 60 valence electrons. The standard InChI is InChI=1S/C4H3Cl2N3O2/c5-3-7-2-1-4(6,8-3)9(10)11/h1-2H,(H,7,8). The minimum absolute atomic E-state index is 0.0980. The van der Waals surface area contributed by atoms with Gasteiger partial charge >= 0.3 is 5.12 Å². The third-order valence-corrected chi connectivity index (χ3v) is 1.55. The van der Waals surface area contributed by atoms with Gasteiger partial charge in [-0.15, -0.1) is 0 Å². The Hall–Kier alpha value is -0.810. The lowest BCUT2D eigenvalue weighted by atomic mass is 10.4. The van der Waals surface area contributed by atoms with E-state index in [1.165, 1.54) is 6.20 Å². The lowest BCUT2D eigenvalue weighted by Gasteiger charge is -2.12. The second-order valence-corrected chi connectivity index (χ2v) is 2.69. The molecule has 0 radical (unpaired) electrons. The topological polar surface area (TPSA) is 67.5 Å². The van der Waals surface area contributed by atoms with Crippen LogP contribution in [0.25, 0.3) is 0 Å². The molecule has 1 unspecified atom stereocenters. The maximum absolute atomic E-state index is 10.3. The summed E-state index contributed by atoms with van der Waals surface area (Å²) >= 11 is 10.8. The smallest absolute Gasteiger partial charge is 0.337 e. The number of halogens is 2. The number of rotatable bonds is 1. The van der Waals surface area contributed by atoms with Gasteiger partial charge in [0.05, 0.1) is 4.92 Å². The van der Waals surface area contributed by atoms with E-state index >= 15 is 0 Å². The number of nitrogens with one attached hydrogen (secondary N) is 1. The zero-order chi connectivity index (χ0) is 8.48. The molecule has 7 heteroatoms. The molecule has 0 aromatic heterocycles. The van der Waals surface area contributed by atoms with E-state index in [1.54, 1.807) is 0 Å². The zero-order valence-electron chi connectivity index (χ0n) is 5.12. The van der Waals surface area contributed by atoms with Gasteiger partial charge in [0, 0.05) is 12.3 Å². The fourth-order valence-corrected chi connectivity index (χ4v) is 0.908. The van der Waals surface area contributed by atoms with E-state index in [2.05, 4.69) is 10.3 Å². The molecule has 1 rings (SSSR count). The Morgan fingerprint density at radius 3 is 2.82 bits per heavy atom. The van der Waals surface area contributed by atoms with Crippen LogP contribution in [0.3, 0.4) is 0 Å². The summed E-state index contributed by atoms with van der Waals surface area (Å²) in [5, 5.41) is 10.6. The van der Waals surface area contributed by atoms with Crippen molar-refractivity contribution in [3.8, 4) is 0 Å². The van der Waals surface area contributed by atoms with E-state index in [1.807, 2.05) is 0 Å². The Morgan fingerprint density at radius 2 is 2.45 bits per heavy atom. The van der Waals surface area contributed by atoms with Crippen LogP contribution in [0.1, 0.15) is 0 Å². The number of nitro groups is 1. The highest BCUT2D eigenvalue weighted by atomic mass is 35.5. The van der Waals surface area contributed by atoms with Crippen molar-refractivity contribution >= 4 is 28.5 Å². The molecule has 0 aliphatic carbocycles. The van der Waals surface area contributed by atoms with Crippen LogP contribution in [0.4, 0.5) is 0 Å². The van der Waals surface area contributed by atoms with Gasteiger partial charge in [-0.1, -0.05) is 0 Å². The quantitative estimate of drug-likeness (QED) is 0.292. The van der Waals surface area contributed by atoms with Crippen LogP contribution in [-0.4, -0.2) is 15.3 Å². The average Bonchev–Trinajstić information content (AvgIpc) is 1.86. The maximum atomic E-state index is 10.3. The van der Waals surface area contributed by atoms with Crippen molar-refractivity contribution in [1.82, 2.24) is 5.32 Å². The van der Waals surface area contributed by atoms with Crippen LogP contribution in [-0.2, 0) is 0 Å². The summed E-state index contributed by atoms with van der Waals surface area (Å²) in [7, 11) is 0. The molecule has 0 aromatic rings. The molecule has 1 atom stereocenters. The van der Waals surface area contributed by atoms with E-state index in [4.69, 9.17) is 23.2 Å². The van der Waals surface area contributed by atoms with Crippen molar-refractivity contribution in [3.63, 3.8) is 0 Å². The molecule has 0 bridgehead atoms. The van der Waals surface area contributed by atoms with Crippen molar-refractivity contribution in [2.24, 2.45) is 4.99 Å². The largest absolute Gasteiger partial charge is 0.414 e. The first kappa shape index (κ1) is 8.29. The molecule has 0 saturated heterocycles. The molecular formula is C4H3Cl2N3O2. The third kappa shape index (κ3) is 1.61. The van der Waals surface area contributed by atoms with Crippen molar-refractivity contribution in [2.75, 3.05) is 0 Å². The van der Waals surface area contributed by atoms with Crippen LogP contribution < -0.4 is 5.32 Å². The molecule has 1 aliphatic rings. The molecule has 0 aromatic carbocycles. The molecule has 0 spiro atoms. The predicted molar refractivity (Wildman–Crippen MR) is 41.1 cm³/mol. The normalized spacial score (nSPS) is 29.1. The summed E-state index contributed by atoms with van der Waals surface area (Å²) < 4.78 is 0. The summed E-state index contributed by atoms with van der Waals surface area (Å²) in [6.45, 7) is 0. The van der Waals surface area contributed by atoms with Crippen LogP contribution in [0.5, 0.6) is 0 Å². The predicted octanol–water partition coefficient (Wildman–Crippen LogP) is 0.867. The van der Waals surface area contributed by atoms with Crippen LogP contribution in [0.2, 0.25) is 0 Å². The van der Waals surface area contributed by atoms with Gasteiger partial charge in [-0.3, -0.25) is 10.1 Å². The van der Waals surface area contributed by atoms with E-state index in [0.29, 0.717) is 0 Å². The second-order valence-electron chi connectivity index (χ2n) is 1.77. The minimum atomic E-state index is -1.94. The molecule has 1 N–H and O–H groups in total. The van der Waals surface area contributed by atoms with E-state index < -0.39 is 10.0 Å². The zero-order valence-corrected chi connectivity index (χ0v) is 6.63. The molecular weight excluding hydrogens is 193 g/mol. The molecule has 1 heterocycles. The van der Waals surface area contributed by atoms with Crippen molar-refractivity contribution in [1.29, 1.82) is 0 Å². The molecule has 5 nitrogen and oxygen atoms in total. The van der Waals surface area contributed by atoms with Gasteiger partial charge in [-0.25, -0.2) is 0 Å². The molecule has 0 fully saturated rings. The molecule has 0 saturated carbocycles. The van der Waals surface area contributed by atoms with Gasteiger partial charge in [0.15, 0.2) is 0 Å². The van der Waals surface area contributed by atoms with Gasteiger partial charge < -0.3 is 5.32 Å². The highest BCUT2D eigenvalue weighted by Crippen LogP contribution is 2.22.